The normalized spacial score (nSPS) is 11.6. The second-order valence-electron chi connectivity index (χ2n) is 6.24. The van der Waals surface area contributed by atoms with Gasteiger partial charge in [-0.2, -0.15) is 0 Å². The smallest absolute Gasteiger partial charge is 0.120 e. The lowest BCUT2D eigenvalue weighted by molar-refractivity contribution is 0.0281. The minimum Gasteiger partial charge on any atom is -0.489 e. The summed E-state index contributed by atoms with van der Waals surface area (Å²) in [6, 6.07) is 22.5. The molecule has 2 heteroatoms. The Bertz CT molecular complexity index is 819. The summed E-state index contributed by atoms with van der Waals surface area (Å²) in [5.74, 6) is 0.793. The molecule has 3 aromatic rings. The van der Waals surface area contributed by atoms with Gasteiger partial charge in [0.1, 0.15) is 12.4 Å². The topological polar surface area (TPSA) is 29.5 Å². The van der Waals surface area contributed by atoms with Crippen LogP contribution in [0.4, 0.5) is 0 Å². The van der Waals surface area contributed by atoms with Crippen molar-refractivity contribution in [3.05, 3.63) is 77.9 Å². The van der Waals surface area contributed by atoms with Gasteiger partial charge in [0.15, 0.2) is 0 Å². The van der Waals surface area contributed by atoms with Crippen LogP contribution in [0, 0.1) is 0 Å². The molecule has 1 N–H and O–H groups in total. The van der Waals surface area contributed by atoms with Crippen LogP contribution in [0.1, 0.15) is 37.8 Å². The van der Waals surface area contributed by atoms with Crippen molar-refractivity contribution >= 4 is 10.8 Å². The Morgan fingerprint density at radius 1 is 0.833 bits per heavy atom. The molecule has 0 amide bonds. The van der Waals surface area contributed by atoms with Gasteiger partial charge in [-0.3, -0.25) is 0 Å². The highest BCUT2D eigenvalue weighted by Gasteiger charge is 2.24. The van der Waals surface area contributed by atoms with E-state index in [1.807, 2.05) is 50.2 Å². The van der Waals surface area contributed by atoms with Gasteiger partial charge in [0.2, 0.25) is 0 Å². The zero-order valence-corrected chi connectivity index (χ0v) is 14.3. The fraction of sp³-hybridized carbons (Fsp3) is 0.273. The third kappa shape index (κ3) is 3.44. The Labute approximate surface area is 143 Å². The molecule has 3 aromatic carbocycles. The number of benzene rings is 3. The van der Waals surface area contributed by atoms with Crippen molar-refractivity contribution in [3.63, 3.8) is 0 Å². The van der Waals surface area contributed by atoms with E-state index in [-0.39, 0.29) is 0 Å². The van der Waals surface area contributed by atoms with Crippen molar-refractivity contribution in [2.24, 2.45) is 0 Å². The van der Waals surface area contributed by atoms with Crippen LogP contribution in [0.5, 0.6) is 5.75 Å². The number of fused-ring (bicyclic) bond motifs is 1. The zero-order chi connectivity index (χ0) is 17.0. The molecule has 24 heavy (non-hydrogen) atoms. The van der Waals surface area contributed by atoms with E-state index in [4.69, 9.17) is 4.74 Å². The number of aliphatic hydroxyl groups is 1. The standard InChI is InChI=1S/C22H24O2/c1-3-22(23,4-2)20-10-7-11-21(15-20)24-16-17-12-13-18-8-5-6-9-19(18)14-17/h5-15,23H,3-4,16H2,1-2H3. The van der Waals surface area contributed by atoms with E-state index in [1.165, 1.54) is 10.8 Å². The predicted octanol–water partition coefficient (Wildman–Crippen LogP) is 5.43. The van der Waals surface area contributed by atoms with E-state index in [0.717, 1.165) is 16.9 Å². The molecule has 0 aliphatic heterocycles. The molecule has 0 bridgehead atoms. The Kier molecular flexibility index (Phi) is 4.86. The van der Waals surface area contributed by atoms with Gasteiger partial charge in [-0.15, -0.1) is 0 Å². The summed E-state index contributed by atoms with van der Waals surface area (Å²) < 4.78 is 5.95. The maximum atomic E-state index is 10.7. The molecule has 0 aliphatic carbocycles. The van der Waals surface area contributed by atoms with Gasteiger partial charge in [-0.05, 0) is 52.9 Å². The largest absolute Gasteiger partial charge is 0.489 e. The quantitative estimate of drug-likeness (QED) is 0.656. The molecular formula is C22H24O2. The van der Waals surface area contributed by atoms with Gasteiger partial charge in [0, 0.05) is 0 Å². The van der Waals surface area contributed by atoms with Crippen molar-refractivity contribution in [2.75, 3.05) is 0 Å². The van der Waals surface area contributed by atoms with Gasteiger partial charge in [0.25, 0.3) is 0 Å². The molecule has 3 rings (SSSR count). The summed E-state index contributed by atoms with van der Waals surface area (Å²) in [6.07, 6.45) is 1.38. The van der Waals surface area contributed by atoms with Crippen LogP contribution in [0.25, 0.3) is 10.8 Å². The first kappa shape index (κ1) is 16.5. The van der Waals surface area contributed by atoms with Crippen LogP contribution in [-0.4, -0.2) is 5.11 Å². The number of hydrogen-bond donors (Lipinski definition) is 1. The van der Waals surface area contributed by atoms with E-state index >= 15 is 0 Å². The number of ether oxygens (including phenoxy) is 1. The Morgan fingerprint density at radius 3 is 2.33 bits per heavy atom. The molecule has 0 aromatic heterocycles. The first-order chi connectivity index (χ1) is 11.6. The van der Waals surface area contributed by atoms with Gasteiger partial charge in [-0.1, -0.05) is 62.4 Å². The molecular weight excluding hydrogens is 296 g/mol. The third-order valence-electron chi connectivity index (χ3n) is 4.76. The number of hydrogen-bond acceptors (Lipinski definition) is 2. The molecule has 0 saturated heterocycles. The van der Waals surface area contributed by atoms with Gasteiger partial charge < -0.3 is 9.84 Å². The Balaban J connectivity index is 1.76. The van der Waals surface area contributed by atoms with E-state index in [2.05, 4.69) is 30.3 Å². The highest BCUT2D eigenvalue weighted by Crippen LogP contribution is 2.30. The predicted molar refractivity (Wildman–Crippen MR) is 99.2 cm³/mol. The Morgan fingerprint density at radius 2 is 1.58 bits per heavy atom. The lowest BCUT2D eigenvalue weighted by atomic mass is 9.88. The van der Waals surface area contributed by atoms with Crippen LogP contribution in [0.15, 0.2) is 66.7 Å². The minimum absolute atomic E-state index is 0.519. The van der Waals surface area contributed by atoms with Crippen LogP contribution < -0.4 is 4.74 Å². The lowest BCUT2D eigenvalue weighted by Crippen LogP contribution is -2.23. The van der Waals surface area contributed by atoms with Crippen molar-refractivity contribution in [1.82, 2.24) is 0 Å². The zero-order valence-electron chi connectivity index (χ0n) is 14.3. The van der Waals surface area contributed by atoms with Crippen molar-refractivity contribution < 1.29 is 9.84 Å². The fourth-order valence-electron chi connectivity index (χ4n) is 3.03. The second-order valence-corrected chi connectivity index (χ2v) is 6.24. The van der Waals surface area contributed by atoms with Gasteiger partial charge >= 0.3 is 0 Å². The third-order valence-corrected chi connectivity index (χ3v) is 4.76. The summed E-state index contributed by atoms with van der Waals surface area (Å²) in [7, 11) is 0. The van der Waals surface area contributed by atoms with Gasteiger partial charge in [-0.25, -0.2) is 0 Å². The molecule has 0 spiro atoms. The molecule has 0 heterocycles. The van der Waals surface area contributed by atoms with E-state index in [9.17, 15) is 5.11 Å². The monoisotopic (exact) mass is 320 g/mol. The van der Waals surface area contributed by atoms with E-state index in [1.54, 1.807) is 0 Å². The SMILES string of the molecule is CCC(O)(CC)c1cccc(OCc2ccc3ccccc3c2)c1. The average Bonchev–Trinajstić information content (AvgIpc) is 2.65. The summed E-state index contributed by atoms with van der Waals surface area (Å²) in [4.78, 5) is 0. The minimum atomic E-state index is -0.775. The van der Waals surface area contributed by atoms with Crippen LogP contribution >= 0.6 is 0 Å². The van der Waals surface area contributed by atoms with E-state index < -0.39 is 5.60 Å². The molecule has 0 fully saturated rings. The molecule has 124 valence electrons. The first-order valence-corrected chi connectivity index (χ1v) is 8.58. The second kappa shape index (κ2) is 7.06. The van der Waals surface area contributed by atoms with Crippen molar-refractivity contribution in [2.45, 2.75) is 38.9 Å². The highest BCUT2D eigenvalue weighted by atomic mass is 16.5. The molecule has 0 atom stereocenters. The highest BCUT2D eigenvalue weighted by molar-refractivity contribution is 5.82. The summed E-state index contributed by atoms with van der Waals surface area (Å²) in [5.41, 5.74) is 1.28. The molecule has 2 nitrogen and oxygen atoms in total. The molecule has 0 radical (unpaired) electrons. The van der Waals surface area contributed by atoms with Crippen LogP contribution in [0.3, 0.4) is 0 Å². The molecule has 0 unspecified atom stereocenters. The maximum absolute atomic E-state index is 10.7. The Hall–Kier alpha value is -2.32. The van der Waals surface area contributed by atoms with E-state index in [0.29, 0.717) is 19.4 Å². The van der Waals surface area contributed by atoms with Crippen molar-refractivity contribution in [3.8, 4) is 5.75 Å². The summed E-state index contributed by atoms with van der Waals surface area (Å²) in [5, 5.41) is 13.1. The van der Waals surface area contributed by atoms with Gasteiger partial charge in [0.05, 0.1) is 5.60 Å². The molecule has 0 saturated carbocycles. The molecule has 0 aliphatic rings. The summed E-state index contributed by atoms with van der Waals surface area (Å²) in [6.45, 7) is 4.53. The van der Waals surface area contributed by atoms with Crippen molar-refractivity contribution in [1.29, 1.82) is 0 Å². The van der Waals surface area contributed by atoms with Crippen LogP contribution in [0.2, 0.25) is 0 Å². The summed E-state index contributed by atoms with van der Waals surface area (Å²) >= 11 is 0. The average molecular weight is 320 g/mol. The fourth-order valence-corrected chi connectivity index (χ4v) is 3.03. The maximum Gasteiger partial charge on any atom is 0.120 e. The lowest BCUT2D eigenvalue weighted by Gasteiger charge is -2.26. The van der Waals surface area contributed by atoms with Crippen LogP contribution in [-0.2, 0) is 12.2 Å². The number of rotatable bonds is 6. The first-order valence-electron chi connectivity index (χ1n) is 8.58.